The molecule has 15 nitrogen and oxygen atoms in total. The van der Waals surface area contributed by atoms with Crippen molar-refractivity contribution in [2.45, 2.75) is 62.4 Å². The lowest BCUT2D eigenvalue weighted by molar-refractivity contribution is -0.420. The third kappa shape index (κ3) is 4.25. The molecule has 1 heterocycles. The molecule has 1 aromatic rings. The van der Waals surface area contributed by atoms with Gasteiger partial charge >= 0.3 is 6.16 Å². The molecule has 0 bridgehead atoms. The van der Waals surface area contributed by atoms with Crippen LogP contribution in [0.3, 0.4) is 0 Å². The number of benzene rings is 1. The molecule has 1 fully saturated rings. The summed E-state index contributed by atoms with van der Waals surface area (Å²) >= 11 is 0. The Morgan fingerprint density at radius 2 is 1.56 bits per heavy atom. The number of aromatic hydroxyl groups is 2. The highest BCUT2D eigenvalue weighted by atomic mass is 16.9. The normalized spacial score (nSPS) is 24.0. The van der Waals surface area contributed by atoms with Crippen LogP contribution in [-0.2, 0) is 10.4 Å². The number of nitrogens with one attached hydrogen (secondary N) is 1. The lowest BCUT2D eigenvalue weighted by atomic mass is 9.83. The summed E-state index contributed by atoms with van der Waals surface area (Å²) in [5.74, 6) is -17.2. The van der Waals surface area contributed by atoms with E-state index in [1.165, 1.54) is 5.32 Å². The summed E-state index contributed by atoms with van der Waals surface area (Å²) in [7, 11) is 0. The number of phenols is 2. The van der Waals surface area contributed by atoms with Gasteiger partial charge in [0.15, 0.2) is 11.5 Å². The van der Waals surface area contributed by atoms with Gasteiger partial charge in [0, 0.05) is 18.9 Å². The summed E-state index contributed by atoms with van der Waals surface area (Å²) < 4.78 is 9.42. The number of carbonyl (C=O) groups is 1. The van der Waals surface area contributed by atoms with E-state index in [0.717, 1.165) is 6.92 Å². The van der Waals surface area contributed by atoms with E-state index in [4.69, 9.17) is 20.1 Å². The van der Waals surface area contributed by atoms with Crippen LogP contribution in [0.5, 0.6) is 23.0 Å². The van der Waals surface area contributed by atoms with Crippen LogP contribution in [0.25, 0.3) is 0 Å². The van der Waals surface area contributed by atoms with E-state index in [1.54, 1.807) is 6.92 Å². The molecule has 1 amide bonds. The van der Waals surface area contributed by atoms with Gasteiger partial charge in [-0.05, 0) is 12.5 Å². The van der Waals surface area contributed by atoms with E-state index in [0.29, 0.717) is 12.8 Å². The van der Waals surface area contributed by atoms with E-state index < -0.39 is 63.7 Å². The van der Waals surface area contributed by atoms with E-state index in [2.05, 4.69) is 4.74 Å². The number of unbranched alkanes of at least 4 members (excludes halogenated alkanes) is 1. The molecule has 0 spiro atoms. The number of phenolic OH excluding ortho intramolecular Hbond substituents is 2. The minimum Gasteiger partial charge on any atom is -0.504 e. The molecule has 2 unspecified atom stereocenters. The van der Waals surface area contributed by atoms with Crippen molar-refractivity contribution in [3.05, 3.63) is 11.6 Å². The molecule has 15 heteroatoms. The molecule has 1 aliphatic heterocycles. The van der Waals surface area contributed by atoms with E-state index >= 15 is 0 Å². The summed E-state index contributed by atoms with van der Waals surface area (Å²) in [6.45, 7) is 2.83. The highest BCUT2D eigenvalue weighted by molar-refractivity contribution is 5.89. The highest BCUT2D eigenvalue weighted by Crippen LogP contribution is 2.55. The van der Waals surface area contributed by atoms with Gasteiger partial charge in [-0.2, -0.15) is 0 Å². The topological polar surface area (TPSA) is 270 Å². The van der Waals surface area contributed by atoms with Crippen molar-refractivity contribution >= 4 is 5.91 Å². The Bertz CT molecular complexity index is 890. The maximum atomic E-state index is 11.8. The van der Waals surface area contributed by atoms with Crippen molar-refractivity contribution in [1.82, 2.24) is 5.32 Å². The largest absolute Gasteiger partial charge is 0.504 e. The SMILES string of the molecule is CCCCC(C)(O)Oc1c(O)c(C2(O)C(O)(O)NC(=O)C2(O)O)cc(O)c1OC(O)(O)O. The zero-order valence-corrected chi connectivity index (χ0v) is 16.8. The predicted octanol–water partition coefficient (Wildman–Crippen LogP) is -4.02. The third-order valence-electron chi connectivity index (χ3n) is 4.75. The van der Waals surface area contributed by atoms with Crippen molar-refractivity contribution < 1.29 is 70.4 Å². The fourth-order valence-corrected chi connectivity index (χ4v) is 3.12. The van der Waals surface area contributed by atoms with Crippen molar-refractivity contribution in [3.8, 4) is 23.0 Å². The Hall–Kier alpha value is -2.47. The molecule has 1 saturated heterocycles. The number of rotatable bonds is 8. The van der Waals surface area contributed by atoms with Crippen LogP contribution in [0.1, 0.15) is 38.7 Å². The summed E-state index contributed by atoms with van der Waals surface area (Å²) in [6.07, 6.45) is -3.16. The second kappa shape index (κ2) is 7.84. The van der Waals surface area contributed by atoms with Gasteiger partial charge in [0.05, 0.1) is 0 Å². The minimum atomic E-state index is -4.00. The Morgan fingerprint density at radius 1 is 1.00 bits per heavy atom. The van der Waals surface area contributed by atoms with Gasteiger partial charge < -0.3 is 65.6 Å². The van der Waals surface area contributed by atoms with Crippen LogP contribution in [0.2, 0.25) is 0 Å². The van der Waals surface area contributed by atoms with Crippen LogP contribution >= 0.6 is 0 Å². The minimum absolute atomic E-state index is 0.117. The average molecular weight is 467 g/mol. The Kier molecular flexibility index (Phi) is 6.31. The van der Waals surface area contributed by atoms with Crippen molar-refractivity contribution in [3.63, 3.8) is 0 Å². The molecule has 0 radical (unpaired) electrons. The first-order valence-corrected chi connectivity index (χ1v) is 9.12. The van der Waals surface area contributed by atoms with E-state index in [-0.39, 0.29) is 12.5 Å². The van der Waals surface area contributed by atoms with Crippen LogP contribution in [0.4, 0.5) is 0 Å². The number of ether oxygens (including phenoxy) is 2. The lowest BCUT2D eigenvalue weighted by Crippen LogP contribution is -2.62. The molecule has 2 rings (SSSR count). The van der Waals surface area contributed by atoms with Gasteiger partial charge in [-0.1, -0.05) is 13.3 Å². The Balaban J connectivity index is 2.80. The molecule has 1 aliphatic rings. The third-order valence-corrected chi connectivity index (χ3v) is 4.75. The van der Waals surface area contributed by atoms with Crippen LogP contribution in [-0.4, -0.2) is 85.7 Å². The highest BCUT2D eigenvalue weighted by Gasteiger charge is 2.75. The zero-order chi connectivity index (χ0) is 24.9. The molecule has 1 aromatic carbocycles. The predicted molar refractivity (Wildman–Crippen MR) is 96.9 cm³/mol. The molecular formula is C17H25NO14. The van der Waals surface area contributed by atoms with Crippen LogP contribution in [0.15, 0.2) is 6.07 Å². The fourth-order valence-electron chi connectivity index (χ4n) is 3.12. The van der Waals surface area contributed by atoms with Crippen molar-refractivity contribution in [1.29, 1.82) is 0 Å². The number of carbonyl (C=O) groups excluding carboxylic acids is 1. The van der Waals surface area contributed by atoms with Gasteiger partial charge in [0.1, 0.15) is 0 Å². The van der Waals surface area contributed by atoms with Crippen molar-refractivity contribution in [2.24, 2.45) is 0 Å². The summed E-state index contributed by atoms with van der Waals surface area (Å²) in [5.41, 5.74) is -5.24. The fraction of sp³-hybridized carbons (Fsp3) is 0.588. The van der Waals surface area contributed by atoms with Gasteiger partial charge in [-0.15, -0.1) is 0 Å². The molecule has 2 atom stereocenters. The number of hydrogen-bond donors (Lipinski definition) is 12. The molecule has 0 aromatic heterocycles. The Labute approximate surface area is 179 Å². The van der Waals surface area contributed by atoms with Gasteiger partial charge in [0.25, 0.3) is 17.6 Å². The molecular weight excluding hydrogens is 442 g/mol. The van der Waals surface area contributed by atoms with Gasteiger partial charge in [-0.25, -0.2) is 0 Å². The smallest absolute Gasteiger partial charge is 0.453 e. The summed E-state index contributed by atoms with van der Waals surface area (Å²) in [4.78, 5) is 11.8. The maximum Gasteiger partial charge on any atom is 0.453 e. The number of hydrogen-bond acceptors (Lipinski definition) is 14. The summed E-state index contributed by atoms with van der Waals surface area (Å²) in [6, 6.07) is 0.215. The monoisotopic (exact) mass is 467 g/mol. The maximum absolute atomic E-state index is 11.8. The van der Waals surface area contributed by atoms with E-state index in [9.17, 15) is 45.6 Å². The average Bonchev–Trinajstić information content (AvgIpc) is 2.75. The van der Waals surface area contributed by atoms with Crippen LogP contribution < -0.4 is 14.8 Å². The first-order chi connectivity index (χ1) is 14.3. The molecule has 32 heavy (non-hydrogen) atoms. The number of amides is 1. The number of aliphatic hydroxyl groups is 9. The van der Waals surface area contributed by atoms with Gasteiger partial charge in [-0.3, -0.25) is 10.1 Å². The first-order valence-electron chi connectivity index (χ1n) is 9.12. The molecule has 12 N–H and O–H groups in total. The Morgan fingerprint density at radius 3 is 2.00 bits per heavy atom. The molecule has 182 valence electrons. The van der Waals surface area contributed by atoms with Crippen LogP contribution in [0, 0.1) is 0 Å². The van der Waals surface area contributed by atoms with Gasteiger partial charge in [0.2, 0.25) is 22.9 Å². The second-order valence-corrected chi connectivity index (χ2v) is 7.52. The standard InChI is InChI=1S/C17H25NO14/c1-3-4-5-13(2,22)31-11-9(20)7(6-8(19)10(11)32-17(28,29)30)14(23)15(24,25)12(21)18-16(14,26)27/h6,19-20,22-30H,3-5H2,1-2H3,(H,18,21). The first kappa shape index (κ1) is 25.8. The quantitative estimate of drug-likeness (QED) is 0.128. The van der Waals surface area contributed by atoms with E-state index in [1.807, 2.05) is 0 Å². The molecule has 0 saturated carbocycles. The lowest BCUT2D eigenvalue weighted by Gasteiger charge is -2.38. The second-order valence-electron chi connectivity index (χ2n) is 7.52. The summed E-state index contributed by atoms with van der Waals surface area (Å²) in [5, 5.41) is 111. The molecule has 0 aliphatic carbocycles. The van der Waals surface area contributed by atoms with Crippen molar-refractivity contribution in [2.75, 3.05) is 0 Å². The zero-order valence-electron chi connectivity index (χ0n) is 16.8.